The molecule has 30 heavy (non-hydrogen) atoms. The van der Waals surface area contributed by atoms with Crippen molar-refractivity contribution in [2.24, 2.45) is 0 Å². The van der Waals surface area contributed by atoms with Crippen molar-refractivity contribution in [2.75, 3.05) is 5.32 Å². The van der Waals surface area contributed by atoms with Crippen LogP contribution in [-0.4, -0.2) is 25.1 Å². The molecule has 7 nitrogen and oxygen atoms in total. The molecular formula is C22H21N7S. The van der Waals surface area contributed by atoms with Crippen LogP contribution >= 0.6 is 11.3 Å². The van der Waals surface area contributed by atoms with Gasteiger partial charge in [0.1, 0.15) is 6.33 Å². The van der Waals surface area contributed by atoms with Gasteiger partial charge >= 0.3 is 0 Å². The Hall–Kier alpha value is -3.57. The van der Waals surface area contributed by atoms with Crippen molar-refractivity contribution in [3.63, 3.8) is 0 Å². The quantitative estimate of drug-likeness (QED) is 0.427. The van der Waals surface area contributed by atoms with Crippen molar-refractivity contribution < 1.29 is 0 Å². The number of nitrogens with one attached hydrogen (secondary N) is 2. The molecule has 2 N–H and O–H groups in total. The number of aryl methyl sites for hydroxylation is 2. The fourth-order valence-corrected chi connectivity index (χ4v) is 4.26. The average molecular weight is 416 g/mol. The van der Waals surface area contributed by atoms with Gasteiger partial charge in [-0.05, 0) is 43.5 Å². The highest BCUT2D eigenvalue weighted by Gasteiger charge is 2.19. The Kier molecular flexibility index (Phi) is 5.82. The summed E-state index contributed by atoms with van der Waals surface area (Å²) < 4.78 is 0. The summed E-state index contributed by atoms with van der Waals surface area (Å²) in [5.41, 5.74) is 5.64. The number of thiazole rings is 1. The first-order valence-electron chi connectivity index (χ1n) is 9.77. The van der Waals surface area contributed by atoms with Crippen LogP contribution in [0, 0.1) is 18.3 Å². The maximum absolute atomic E-state index is 9.34. The maximum Gasteiger partial charge on any atom is 0.224 e. The number of unbranched alkanes of at least 4 members (excludes halogenated alkanes) is 1. The van der Waals surface area contributed by atoms with E-state index < -0.39 is 0 Å². The van der Waals surface area contributed by atoms with Gasteiger partial charge in [0.2, 0.25) is 5.95 Å². The van der Waals surface area contributed by atoms with Gasteiger partial charge in [-0.3, -0.25) is 4.98 Å². The second-order valence-corrected chi connectivity index (χ2v) is 7.93. The van der Waals surface area contributed by atoms with Gasteiger partial charge in [-0.2, -0.15) is 15.3 Å². The van der Waals surface area contributed by atoms with Crippen LogP contribution in [0.2, 0.25) is 0 Å². The number of anilines is 2. The lowest BCUT2D eigenvalue weighted by Gasteiger charge is -2.10. The van der Waals surface area contributed by atoms with Crippen LogP contribution < -0.4 is 5.32 Å². The Balaban J connectivity index is 1.86. The molecule has 4 rings (SSSR count). The lowest BCUT2D eigenvalue weighted by atomic mass is 9.99. The highest BCUT2D eigenvalue weighted by Crippen LogP contribution is 2.41. The molecule has 0 aliphatic rings. The van der Waals surface area contributed by atoms with Crippen molar-refractivity contribution in [2.45, 2.75) is 33.1 Å². The second-order valence-electron chi connectivity index (χ2n) is 6.93. The van der Waals surface area contributed by atoms with Gasteiger partial charge in [0.15, 0.2) is 5.13 Å². The normalized spacial score (nSPS) is 10.7. The van der Waals surface area contributed by atoms with Crippen LogP contribution in [0.1, 0.15) is 36.6 Å². The third-order valence-corrected chi connectivity index (χ3v) is 5.70. The topological polar surface area (TPSA) is 103 Å². The van der Waals surface area contributed by atoms with Crippen molar-refractivity contribution in [1.29, 1.82) is 5.26 Å². The molecular weight excluding hydrogens is 394 g/mol. The van der Waals surface area contributed by atoms with Crippen molar-refractivity contribution in [3.8, 4) is 27.8 Å². The van der Waals surface area contributed by atoms with Gasteiger partial charge in [-0.25, -0.2) is 10.1 Å². The van der Waals surface area contributed by atoms with E-state index in [1.54, 1.807) is 17.4 Å². The monoisotopic (exact) mass is 415 g/mol. The van der Waals surface area contributed by atoms with E-state index in [1.807, 2.05) is 31.3 Å². The Morgan fingerprint density at radius 3 is 2.90 bits per heavy atom. The molecule has 3 aromatic heterocycles. The van der Waals surface area contributed by atoms with Crippen LogP contribution in [0.4, 0.5) is 11.1 Å². The lowest BCUT2D eigenvalue weighted by molar-refractivity contribution is 0.792. The SMILES string of the molecule is CCCCc1cnc(C)cc1-c1sc(Nc2ncn[nH]2)nc1-c1cccc(C#N)c1. The molecule has 0 amide bonds. The molecule has 1 aromatic carbocycles. The predicted octanol–water partition coefficient (Wildman–Crippen LogP) is 5.26. The van der Waals surface area contributed by atoms with Crippen molar-refractivity contribution >= 4 is 22.4 Å². The molecule has 3 heterocycles. The van der Waals surface area contributed by atoms with E-state index in [0.717, 1.165) is 46.7 Å². The van der Waals surface area contributed by atoms with E-state index in [0.29, 0.717) is 16.6 Å². The summed E-state index contributed by atoms with van der Waals surface area (Å²) >= 11 is 1.55. The molecule has 8 heteroatoms. The zero-order valence-electron chi connectivity index (χ0n) is 16.8. The first-order chi connectivity index (χ1) is 14.7. The molecule has 4 aromatic rings. The van der Waals surface area contributed by atoms with Crippen LogP contribution in [0.15, 0.2) is 42.9 Å². The average Bonchev–Trinajstić information content (AvgIpc) is 3.43. The number of aromatic nitrogens is 5. The van der Waals surface area contributed by atoms with E-state index >= 15 is 0 Å². The van der Waals surface area contributed by atoms with Gasteiger partial charge in [0.05, 0.1) is 22.2 Å². The number of benzene rings is 1. The molecule has 0 aliphatic heterocycles. The van der Waals surface area contributed by atoms with Crippen LogP contribution in [0.25, 0.3) is 21.7 Å². The van der Waals surface area contributed by atoms with Gasteiger partial charge in [0, 0.05) is 23.0 Å². The first kappa shape index (κ1) is 19.7. The standard InChI is InChI=1S/C22H21N7S/c1-3-4-7-17-12-24-14(2)9-18(17)20-19(16-8-5-6-15(10-16)11-23)27-22(30-20)28-21-25-13-26-29-21/h5-6,8-10,12-13H,3-4,7H2,1-2H3,(H2,25,26,27,28,29). The summed E-state index contributed by atoms with van der Waals surface area (Å²) in [6, 6.07) is 11.9. The van der Waals surface area contributed by atoms with E-state index in [1.165, 1.54) is 11.9 Å². The van der Waals surface area contributed by atoms with Gasteiger partial charge in [-0.15, -0.1) is 0 Å². The summed E-state index contributed by atoms with van der Waals surface area (Å²) in [5, 5.41) is 19.9. The maximum atomic E-state index is 9.34. The van der Waals surface area contributed by atoms with Crippen LogP contribution in [-0.2, 0) is 6.42 Å². The number of aromatic amines is 1. The molecule has 0 atom stereocenters. The number of hydrogen-bond donors (Lipinski definition) is 2. The Morgan fingerprint density at radius 2 is 2.13 bits per heavy atom. The zero-order valence-corrected chi connectivity index (χ0v) is 17.6. The third-order valence-electron chi connectivity index (χ3n) is 4.70. The smallest absolute Gasteiger partial charge is 0.224 e. The number of H-pyrrole nitrogens is 1. The minimum absolute atomic E-state index is 0.532. The van der Waals surface area contributed by atoms with E-state index in [2.05, 4.69) is 44.5 Å². The van der Waals surface area contributed by atoms with Gasteiger partial charge in [0.25, 0.3) is 0 Å². The van der Waals surface area contributed by atoms with Gasteiger partial charge in [-0.1, -0.05) is 36.8 Å². The largest absolute Gasteiger partial charge is 0.300 e. The molecule has 0 radical (unpaired) electrons. The molecule has 150 valence electrons. The fraction of sp³-hybridized carbons (Fsp3) is 0.227. The van der Waals surface area contributed by atoms with Crippen LogP contribution in [0.3, 0.4) is 0 Å². The molecule has 0 aliphatic carbocycles. The Bertz CT molecular complexity index is 1190. The molecule has 0 saturated heterocycles. The van der Waals surface area contributed by atoms with E-state index in [9.17, 15) is 5.26 Å². The van der Waals surface area contributed by atoms with E-state index in [4.69, 9.17) is 4.98 Å². The molecule has 0 unspecified atom stereocenters. The van der Waals surface area contributed by atoms with E-state index in [-0.39, 0.29) is 0 Å². The Morgan fingerprint density at radius 1 is 1.23 bits per heavy atom. The molecule has 0 saturated carbocycles. The Labute approximate surface area is 178 Å². The number of nitrogens with zero attached hydrogens (tertiary/aromatic N) is 5. The summed E-state index contributed by atoms with van der Waals surface area (Å²) in [6.07, 6.45) is 6.59. The number of hydrogen-bond acceptors (Lipinski definition) is 7. The highest BCUT2D eigenvalue weighted by molar-refractivity contribution is 7.19. The summed E-state index contributed by atoms with van der Waals surface area (Å²) in [6.45, 7) is 4.18. The van der Waals surface area contributed by atoms with Crippen molar-refractivity contribution in [1.82, 2.24) is 25.1 Å². The minimum atomic E-state index is 0.532. The molecule has 0 bridgehead atoms. The number of pyridine rings is 1. The third kappa shape index (κ3) is 4.21. The second kappa shape index (κ2) is 8.84. The van der Waals surface area contributed by atoms with Gasteiger partial charge < -0.3 is 5.32 Å². The number of nitriles is 1. The number of rotatable bonds is 7. The molecule has 0 spiro atoms. The predicted molar refractivity (Wildman–Crippen MR) is 119 cm³/mol. The zero-order chi connectivity index (χ0) is 20.9. The first-order valence-corrected chi connectivity index (χ1v) is 10.6. The summed E-state index contributed by atoms with van der Waals surface area (Å²) in [7, 11) is 0. The van der Waals surface area contributed by atoms with Crippen molar-refractivity contribution in [3.05, 3.63) is 59.7 Å². The lowest BCUT2D eigenvalue weighted by Crippen LogP contribution is -1.94. The summed E-state index contributed by atoms with van der Waals surface area (Å²) in [5.74, 6) is 0.532. The molecule has 0 fully saturated rings. The fourth-order valence-electron chi connectivity index (χ4n) is 3.22. The van der Waals surface area contributed by atoms with Crippen LogP contribution in [0.5, 0.6) is 0 Å². The highest BCUT2D eigenvalue weighted by atomic mass is 32.1. The summed E-state index contributed by atoms with van der Waals surface area (Å²) in [4.78, 5) is 14.5. The minimum Gasteiger partial charge on any atom is -0.300 e.